The highest BCUT2D eigenvalue weighted by Crippen LogP contribution is 2.66. The predicted molar refractivity (Wildman–Crippen MR) is 123 cm³/mol. The Labute approximate surface area is 190 Å². The van der Waals surface area contributed by atoms with Gasteiger partial charge in [0.05, 0.1) is 11.0 Å². The molecule has 1 spiro atoms. The number of nitrogens with zero attached hydrogens (tertiary/aromatic N) is 1. The highest BCUT2D eigenvalue weighted by molar-refractivity contribution is 5.62. The smallest absolute Gasteiger partial charge is 0.165 e. The van der Waals surface area contributed by atoms with E-state index < -0.39 is 0 Å². The van der Waals surface area contributed by atoms with Crippen LogP contribution in [-0.4, -0.2) is 42.8 Å². The molecule has 4 atom stereocenters. The molecule has 3 fully saturated rings. The van der Waals surface area contributed by atoms with E-state index in [0.29, 0.717) is 12.6 Å². The molecule has 0 amide bonds. The van der Waals surface area contributed by atoms with Crippen molar-refractivity contribution in [2.75, 3.05) is 20.2 Å². The summed E-state index contributed by atoms with van der Waals surface area (Å²) in [5.74, 6) is 2.82. The molecular formula is C28H33NO3. The SMILES string of the molecule is COC12CCC[C@@H]3Oc4c(OCc5ccccc5)ccc5c4[C@@]31CCN(CC1CC1)[C@@H]2C5. The molecule has 2 bridgehead atoms. The third-order valence-electron chi connectivity index (χ3n) is 9.21. The van der Waals surface area contributed by atoms with Gasteiger partial charge in [-0.3, -0.25) is 4.90 Å². The summed E-state index contributed by atoms with van der Waals surface area (Å²) in [6.45, 7) is 2.98. The zero-order valence-electron chi connectivity index (χ0n) is 19.0. The Balaban J connectivity index is 1.32. The van der Waals surface area contributed by atoms with Crippen LogP contribution in [0.5, 0.6) is 11.5 Å². The summed E-state index contributed by atoms with van der Waals surface area (Å²) in [6, 6.07) is 15.4. The van der Waals surface area contributed by atoms with Gasteiger partial charge in [0.2, 0.25) is 0 Å². The monoisotopic (exact) mass is 431 g/mol. The average Bonchev–Trinajstić information content (AvgIpc) is 3.58. The second kappa shape index (κ2) is 6.98. The second-order valence-corrected chi connectivity index (χ2v) is 10.7. The number of methoxy groups -OCH3 is 1. The minimum absolute atomic E-state index is 0.0280. The van der Waals surface area contributed by atoms with Crippen molar-refractivity contribution in [1.29, 1.82) is 0 Å². The third kappa shape index (κ3) is 2.51. The fraction of sp³-hybridized carbons (Fsp3) is 0.571. The molecule has 0 radical (unpaired) electrons. The van der Waals surface area contributed by atoms with Crippen molar-refractivity contribution in [3.05, 3.63) is 59.2 Å². The molecule has 32 heavy (non-hydrogen) atoms. The first-order valence-electron chi connectivity index (χ1n) is 12.5. The lowest BCUT2D eigenvalue weighted by Crippen LogP contribution is -2.75. The lowest BCUT2D eigenvalue weighted by atomic mass is 9.49. The predicted octanol–water partition coefficient (Wildman–Crippen LogP) is 4.87. The normalized spacial score (nSPS) is 34.7. The first-order chi connectivity index (χ1) is 15.7. The largest absolute Gasteiger partial charge is 0.485 e. The van der Waals surface area contributed by atoms with Crippen molar-refractivity contribution in [3.63, 3.8) is 0 Å². The minimum atomic E-state index is -0.140. The maximum atomic E-state index is 6.83. The van der Waals surface area contributed by atoms with E-state index in [2.05, 4.69) is 41.3 Å². The van der Waals surface area contributed by atoms with E-state index in [1.807, 2.05) is 13.2 Å². The van der Waals surface area contributed by atoms with E-state index in [4.69, 9.17) is 14.2 Å². The fourth-order valence-electron chi connectivity index (χ4n) is 7.70. The third-order valence-corrected chi connectivity index (χ3v) is 9.21. The Morgan fingerprint density at radius 2 is 1.94 bits per heavy atom. The number of hydrogen-bond acceptors (Lipinski definition) is 4. The number of piperidine rings is 1. The molecule has 5 aliphatic rings. The highest BCUT2D eigenvalue weighted by Gasteiger charge is 2.72. The molecule has 0 aromatic heterocycles. The molecule has 1 unspecified atom stereocenters. The van der Waals surface area contributed by atoms with Crippen LogP contribution < -0.4 is 9.47 Å². The minimum Gasteiger partial charge on any atom is -0.485 e. The van der Waals surface area contributed by atoms with E-state index in [-0.39, 0.29) is 17.1 Å². The highest BCUT2D eigenvalue weighted by atomic mass is 16.5. The molecule has 3 aliphatic carbocycles. The van der Waals surface area contributed by atoms with Gasteiger partial charge in [-0.05, 0) is 74.6 Å². The first kappa shape index (κ1) is 19.4. The van der Waals surface area contributed by atoms with Crippen LogP contribution in [0.1, 0.15) is 55.2 Å². The van der Waals surface area contributed by atoms with Crippen molar-refractivity contribution in [2.24, 2.45) is 5.92 Å². The van der Waals surface area contributed by atoms with E-state index in [1.54, 1.807) is 0 Å². The fourth-order valence-corrected chi connectivity index (χ4v) is 7.70. The Bertz CT molecular complexity index is 1030. The molecule has 0 N–H and O–H groups in total. The van der Waals surface area contributed by atoms with Gasteiger partial charge in [0, 0.05) is 25.3 Å². The molecule has 1 saturated heterocycles. The van der Waals surface area contributed by atoms with Gasteiger partial charge in [0.15, 0.2) is 11.5 Å². The van der Waals surface area contributed by atoms with E-state index in [1.165, 1.54) is 49.0 Å². The van der Waals surface area contributed by atoms with E-state index in [9.17, 15) is 0 Å². The Morgan fingerprint density at radius 3 is 2.75 bits per heavy atom. The maximum Gasteiger partial charge on any atom is 0.165 e. The molecule has 2 aliphatic heterocycles. The molecule has 4 nitrogen and oxygen atoms in total. The summed E-state index contributed by atoms with van der Waals surface area (Å²) in [5, 5.41) is 0. The lowest BCUT2D eigenvalue weighted by molar-refractivity contribution is -0.202. The molecule has 2 saturated carbocycles. The second-order valence-electron chi connectivity index (χ2n) is 10.7. The molecule has 4 heteroatoms. The van der Waals surface area contributed by atoms with Crippen LogP contribution in [0.2, 0.25) is 0 Å². The molecule has 2 aromatic rings. The summed E-state index contributed by atoms with van der Waals surface area (Å²) in [7, 11) is 1.97. The van der Waals surface area contributed by atoms with E-state index in [0.717, 1.165) is 43.1 Å². The summed E-state index contributed by atoms with van der Waals surface area (Å²) in [6.07, 6.45) is 8.66. The van der Waals surface area contributed by atoms with E-state index >= 15 is 0 Å². The van der Waals surface area contributed by atoms with Crippen molar-refractivity contribution in [3.8, 4) is 11.5 Å². The summed E-state index contributed by atoms with van der Waals surface area (Å²) in [4.78, 5) is 2.79. The molecule has 2 aromatic carbocycles. The van der Waals surface area contributed by atoms with Gasteiger partial charge in [-0.1, -0.05) is 36.4 Å². The van der Waals surface area contributed by atoms with Gasteiger partial charge in [0.25, 0.3) is 0 Å². The first-order valence-corrected chi connectivity index (χ1v) is 12.5. The van der Waals surface area contributed by atoms with Crippen molar-refractivity contribution in [2.45, 2.75) is 74.7 Å². The van der Waals surface area contributed by atoms with Crippen LogP contribution in [0, 0.1) is 5.92 Å². The zero-order valence-corrected chi connectivity index (χ0v) is 19.0. The summed E-state index contributed by atoms with van der Waals surface area (Å²) >= 11 is 0. The van der Waals surface area contributed by atoms with Crippen molar-refractivity contribution < 1.29 is 14.2 Å². The molecule has 168 valence electrons. The quantitative estimate of drug-likeness (QED) is 0.653. The summed E-state index contributed by atoms with van der Waals surface area (Å²) < 4.78 is 19.8. The summed E-state index contributed by atoms with van der Waals surface area (Å²) in [5.41, 5.74) is 3.91. The van der Waals surface area contributed by atoms with Crippen LogP contribution in [0.15, 0.2) is 42.5 Å². The van der Waals surface area contributed by atoms with Gasteiger partial charge in [-0.25, -0.2) is 0 Å². The van der Waals surface area contributed by atoms with Crippen LogP contribution in [0.3, 0.4) is 0 Å². The molecule has 7 rings (SSSR count). The zero-order chi connectivity index (χ0) is 21.3. The Morgan fingerprint density at radius 1 is 1.06 bits per heavy atom. The Kier molecular flexibility index (Phi) is 4.24. The van der Waals surface area contributed by atoms with Gasteiger partial charge in [-0.15, -0.1) is 0 Å². The van der Waals surface area contributed by atoms with Crippen LogP contribution in [0.4, 0.5) is 0 Å². The van der Waals surface area contributed by atoms with Gasteiger partial charge >= 0.3 is 0 Å². The molecule has 2 heterocycles. The number of rotatable bonds is 6. The lowest BCUT2D eigenvalue weighted by Gasteiger charge is -2.64. The topological polar surface area (TPSA) is 30.9 Å². The Hall–Kier alpha value is -2.04. The van der Waals surface area contributed by atoms with Crippen molar-refractivity contribution >= 4 is 0 Å². The molecular weight excluding hydrogens is 398 g/mol. The standard InChI is InChI=1S/C28H33NO3/c1-30-28-13-5-8-24-27(28)14-15-29(17-19-9-10-19)23(28)16-21-11-12-22(26(32-24)25(21)27)31-18-20-6-3-2-4-7-20/h2-4,6-7,11-12,19,23-24H,5,8-10,13-18H2,1H3/t23-,24+,27-,28?/m1/s1. The van der Waals surface area contributed by atoms with Crippen LogP contribution >= 0.6 is 0 Å². The van der Waals surface area contributed by atoms with Gasteiger partial charge < -0.3 is 14.2 Å². The number of benzene rings is 2. The number of ether oxygens (including phenoxy) is 3. The van der Waals surface area contributed by atoms with Crippen LogP contribution in [0.25, 0.3) is 0 Å². The van der Waals surface area contributed by atoms with Gasteiger partial charge in [0.1, 0.15) is 12.7 Å². The maximum absolute atomic E-state index is 6.83. The number of likely N-dealkylation sites (tertiary alicyclic amines) is 1. The van der Waals surface area contributed by atoms with Crippen molar-refractivity contribution in [1.82, 2.24) is 4.90 Å². The number of hydrogen-bond donors (Lipinski definition) is 0. The average molecular weight is 432 g/mol. The van der Waals surface area contributed by atoms with Crippen LogP contribution in [-0.2, 0) is 23.2 Å². The van der Waals surface area contributed by atoms with Gasteiger partial charge in [-0.2, -0.15) is 0 Å².